The average molecular weight is 284 g/mol. The maximum atomic E-state index is 13.7. The smallest absolute Gasteiger partial charge is 0.309 e. The van der Waals surface area contributed by atoms with Gasteiger partial charge in [0.25, 0.3) is 5.69 Å². The standard InChI is InChI=1S/C12H10F2N2O4/c1-3-10(17)6-4-9-7(5-8(6)16(19)20)12(13,14)11(18)15(9)2/h4-5H,3H2,1-2H3. The summed E-state index contributed by atoms with van der Waals surface area (Å²) in [7, 11) is 1.13. The summed E-state index contributed by atoms with van der Waals surface area (Å²) in [6.07, 6.45) is -0.00627. The number of carbonyl (C=O) groups is 2. The predicted molar refractivity (Wildman–Crippen MR) is 65.0 cm³/mol. The molecule has 0 aromatic heterocycles. The molecular formula is C12H10F2N2O4. The molecule has 6 nitrogen and oxygen atoms in total. The zero-order chi connectivity index (χ0) is 15.2. The van der Waals surface area contributed by atoms with E-state index in [1.807, 2.05) is 0 Å². The normalized spacial score (nSPS) is 16.2. The zero-order valence-corrected chi connectivity index (χ0v) is 10.6. The van der Waals surface area contributed by atoms with Gasteiger partial charge in [-0.3, -0.25) is 19.7 Å². The molecule has 0 saturated heterocycles. The molecule has 8 heteroatoms. The molecule has 0 bridgehead atoms. The third-order valence-corrected chi connectivity index (χ3v) is 3.21. The van der Waals surface area contributed by atoms with Crippen molar-refractivity contribution in [2.75, 3.05) is 11.9 Å². The second-order valence-corrected chi connectivity index (χ2v) is 4.36. The van der Waals surface area contributed by atoms with Crippen molar-refractivity contribution in [3.63, 3.8) is 0 Å². The first-order valence-corrected chi connectivity index (χ1v) is 5.73. The number of ketones is 1. The highest BCUT2D eigenvalue weighted by molar-refractivity contribution is 6.08. The van der Waals surface area contributed by atoms with Crippen molar-refractivity contribution in [1.29, 1.82) is 0 Å². The number of nitrogens with zero attached hydrogens (tertiary/aromatic N) is 2. The van der Waals surface area contributed by atoms with Crippen LogP contribution in [0, 0.1) is 10.1 Å². The molecular weight excluding hydrogens is 274 g/mol. The minimum Gasteiger partial charge on any atom is -0.309 e. The quantitative estimate of drug-likeness (QED) is 0.484. The Morgan fingerprint density at radius 1 is 1.45 bits per heavy atom. The maximum Gasteiger partial charge on any atom is 0.352 e. The monoisotopic (exact) mass is 284 g/mol. The van der Waals surface area contributed by atoms with E-state index in [1.54, 1.807) is 0 Å². The van der Waals surface area contributed by atoms with Crippen LogP contribution in [-0.4, -0.2) is 23.7 Å². The number of anilines is 1. The minimum atomic E-state index is -3.82. The number of Topliss-reactive ketones (excluding diaryl/α,β-unsaturated/α-hetero) is 1. The van der Waals surface area contributed by atoms with Crippen molar-refractivity contribution in [1.82, 2.24) is 0 Å². The number of rotatable bonds is 3. The summed E-state index contributed by atoms with van der Waals surface area (Å²) in [6.45, 7) is 1.50. The Morgan fingerprint density at radius 3 is 2.55 bits per heavy atom. The molecule has 2 rings (SSSR count). The minimum absolute atomic E-state index is 0.00627. The van der Waals surface area contributed by atoms with E-state index in [4.69, 9.17) is 0 Å². The number of fused-ring (bicyclic) bond motifs is 1. The van der Waals surface area contributed by atoms with E-state index in [0.29, 0.717) is 11.0 Å². The number of carbonyl (C=O) groups excluding carboxylic acids is 2. The fraction of sp³-hybridized carbons (Fsp3) is 0.333. The molecule has 20 heavy (non-hydrogen) atoms. The van der Waals surface area contributed by atoms with Gasteiger partial charge in [0.15, 0.2) is 5.78 Å². The van der Waals surface area contributed by atoms with Gasteiger partial charge in [-0.15, -0.1) is 0 Å². The number of alkyl halides is 2. The first kappa shape index (κ1) is 14.0. The van der Waals surface area contributed by atoms with Crippen LogP contribution in [0.2, 0.25) is 0 Å². The number of nitro groups is 1. The number of likely N-dealkylation sites (N-methyl/N-ethyl adjacent to an activating group) is 1. The van der Waals surface area contributed by atoms with Crippen LogP contribution in [0.3, 0.4) is 0 Å². The van der Waals surface area contributed by atoms with Crippen LogP contribution in [0.1, 0.15) is 29.3 Å². The van der Waals surface area contributed by atoms with Crippen molar-refractivity contribution in [2.24, 2.45) is 0 Å². The summed E-state index contributed by atoms with van der Waals surface area (Å²) < 4.78 is 27.5. The topological polar surface area (TPSA) is 80.5 Å². The zero-order valence-electron chi connectivity index (χ0n) is 10.6. The van der Waals surface area contributed by atoms with Crippen LogP contribution in [0.4, 0.5) is 20.2 Å². The second kappa shape index (κ2) is 4.32. The Kier molecular flexibility index (Phi) is 3.04. The van der Waals surface area contributed by atoms with Crippen LogP contribution in [0.15, 0.2) is 12.1 Å². The van der Waals surface area contributed by atoms with Gasteiger partial charge in [-0.1, -0.05) is 6.92 Å². The van der Waals surface area contributed by atoms with Crippen LogP contribution in [0.25, 0.3) is 0 Å². The highest BCUT2D eigenvalue weighted by atomic mass is 19.3. The van der Waals surface area contributed by atoms with Gasteiger partial charge < -0.3 is 4.90 Å². The highest BCUT2D eigenvalue weighted by Gasteiger charge is 2.52. The van der Waals surface area contributed by atoms with Gasteiger partial charge in [0.2, 0.25) is 0 Å². The lowest BCUT2D eigenvalue weighted by molar-refractivity contribution is -0.385. The first-order valence-electron chi connectivity index (χ1n) is 5.73. The van der Waals surface area contributed by atoms with Gasteiger partial charge in [0, 0.05) is 19.5 Å². The third-order valence-electron chi connectivity index (χ3n) is 3.21. The van der Waals surface area contributed by atoms with Gasteiger partial charge in [0.1, 0.15) is 0 Å². The van der Waals surface area contributed by atoms with E-state index < -0.39 is 33.8 Å². The van der Waals surface area contributed by atoms with Crippen LogP contribution in [0.5, 0.6) is 0 Å². The number of nitro benzene ring substituents is 1. The van der Waals surface area contributed by atoms with E-state index in [2.05, 4.69) is 0 Å². The van der Waals surface area contributed by atoms with Gasteiger partial charge >= 0.3 is 11.8 Å². The lowest BCUT2D eigenvalue weighted by Crippen LogP contribution is -2.31. The number of hydrogen-bond acceptors (Lipinski definition) is 4. The largest absolute Gasteiger partial charge is 0.352 e. The molecule has 1 aromatic rings. The Hall–Kier alpha value is -2.38. The Balaban J connectivity index is 2.76. The van der Waals surface area contributed by atoms with Crippen molar-refractivity contribution in [3.8, 4) is 0 Å². The second-order valence-electron chi connectivity index (χ2n) is 4.36. The summed E-state index contributed by atoms with van der Waals surface area (Å²) in [5.74, 6) is -5.83. The molecule has 0 unspecified atom stereocenters. The summed E-state index contributed by atoms with van der Waals surface area (Å²) in [5.41, 5.74) is -1.90. The molecule has 0 saturated carbocycles. The first-order chi connectivity index (χ1) is 9.21. The van der Waals surface area contributed by atoms with E-state index in [9.17, 15) is 28.5 Å². The Bertz CT molecular complexity index is 643. The molecule has 0 atom stereocenters. The molecule has 1 amide bonds. The molecule has 1 aliphatic heterocycles. The van der Waals surface area contributed by atoms with Crippen molar-refractivity contribution in [2.45, 2.75) is 19.3 Å². The van der Waals surface area contributed by atoms with Gasteiger partial charge in [-0.25, -0.2) is 0 Å². The van der Waals surface area contributed by atoms with Crippen molar-refractivity contribution in [3.05, 3.63) is 33.4 Å². The lowest BCUT2D eigenvalue weighted by atomic mass is 10.0. The molecule has 0 spiro atoms. The summed E-state index contributed by atoms with van der Waals surface area (Å²) >= 11 is 0. The van der Waals surface area contributed by atoms with Crippen LogP contribution < -0.4 is 4.90 Å². The number of halogens is 2. The summed E-state index contributed by atoms with van der Waals surface area (Å²) in [5, 5.41) is 10.9. The molecule has 106 valence electrons. The fourth-order valence-corrected chi connectivity index (χ4v) is 2.11. The number of hydrogen-bond donors (Lipinski definition) is 0. The molecule has 0 fully saturated rings. The lowest BCUT2D eigenvalue weighted by Gasteiger charge is -2.10. The van der Waals surface area contributed by atoms with E-state index in [1.165, 1.54) is 6.92 Å². The van der Waals surface area contributed by atoms with Gasteiger partial charge in [-0.05, 0) is 6.07 Å². The Morgan fingerprint density at radius 2 is 2.05 bits per heavy atom. The van der Waals surface area contributed by atoms with Crippen LogP contribution in [-0.2, 0) is 10.7 Å². The fourth-order valence-electron chi connectivity index (χ4n) is 2.11. The molecule has 1 aliphatic rings. The molecule has 1 aromatic carbocycles. The van der Waals surface area contributed by atoms with E-state index in [-0.39, 0.29) is 17.7 Å². The maximum absolute atomic E-state index is 13.7. The Labute approximate surface area is 112 Å². The van der Waals surface area contributed by atoms with E-state index >= 15 is 0 Å². The summed E-state index contributed by atoms with van der Waals surface area (Å²) in [4.78, 5) is 33.9. The molecule has 1 heterocycles. The average Bonchev–Trinajstić information content (AvgIpc) is 2.58. The van der Waals surface area contributed by atoms with E-state index in [0.717, 1.165) is 13.1 Å². The number of amides is 1. The number of benzene rings is 1. The summed E-state index contributed by atoms with van der Waals surface area (Å²) in [6, 6.07) is 1.59. The van der Waals surface area contributed by atoms with Gasteiger partial charge in [-0.2, -0.15) is 8.78 Å². The van der Waals surface area contributed by atoms with Crippen molar-refractivity contribution >= 4 is 23.1 Å². The molecule has 0 N–H and O–H groups in total. The molecule has 0 aliphatic carbocycles. The molecule has 0 radical (unpaired) electrons. The SMILES string of the molecule is CCC(=O)c1cc2c(cc1[N+](=O)[O-])C(F)(F)C(=O)N2C. The highest BCUT2D eigenvalue weighted by Crippen LogP contribution is 2.46. The third kappa shape index (κ3) is 1.75. The van der Waals surface area contributed by atoms with Crippen molar-refractivity contribution < 1.29 is 23.3 Å². The van der Waals surface area contributed by atoms with Crippen LogP contribution >= 0.6 is 0 Å². The van der Waals surface area contributed by atoms with Gasteiger partial charge in [0.05, 0.1) is 21.7 Å². The predicted octanol–water partition coefficient (Wildman–Crippen LogP) is 2.26.